The Morgan fingerprint density at radius 3 is 2.76 bits per heavy atom. The average molecular weight is 287 g/mol. The van der Waals surface area contributed by atoms with Gasteiger partial charge in [-0.25, -0.2) is 0 Å². The molecule has 0 saturated carbocycles. The van der Waals surface area contributed by atoms with Gasteiger partial charge in [-0.2, -0.15) is 5.10 Å². The van der Waals surface area contributed by atoms with Gasteiger partial charge < -0.3 is 10.1 Å². The Morgan fingerprint density at radius 1 is 1.33 bits per heavy atom. The summed E-state index contributed by atoms with van der Waals surface area (Å²) in [7, 11) is 0. The first kappa shape index (κ1) is 15.6. The van der Waals surface area contributed by atoms with Crippen LogP contribution in [0.4, 0.5) is 0 Å². The van der Waals surface area contributed by atoms with Crippen molar-refractivity contribution in [2.45, 2.75) is 46.7 Å². The number of aryl methyl sites for hydroxylation is 1. The minimum atomic E-state index is 0.343. The van der Waals surface area contributed by atoms with E-state index >= 15 is 0 Å². The van der Waals surface area contributed by atoms with Crippen molar-refractivity contribution >= 4 is 0 Å². The van der Waals surface area contributed by atoms with Gasteiger partial charge in [0.15, 0.2) is 5.75 Å². The second-order valence-corrected chi connectivity index (χ2v) is 5.63. The molecule has 0 unspecified atom stereocenters. The number of hydrogen-bond donors (Lipinski definition) is 1. The molecule has 0 saturated heterocycles. The summed E-state index contributed by atoms with van der Waals surface area (Å²) in [5.74, 6) is 1.67. The molecule has 4 nitrogen and oxygen atoms in total. The molecule has 0 amide bonds. The van der Waals surface area contributed by atoms with Gasteiger partial charge in [-0.3, -0.25) is 4.68 Å². The molecule has 0 aliphatic heterocycles. The maximum atomic E-state index is 5.92. The molecule has 0 fully saturated rings. The highest BCUT2D eigenvalue weighted by Crippen LogP contribution is 2.26. The monoisotopic (exact) mass is 287 g/mol. The highest BCUT2D eigenvalue weighted by atomic mass is 16.5. The maximum Gasteiger partial charge on any atom is 0.165 e. The molecule has 2 aromatic rings. The SMILES string of the molecule is CCCNCc1ccc(Oc2cnn(C(C)C)c2)c(C)c1. The van der Waals surface area contributed by atoms with Gasteiger partial charge in [0.25, 0.3) is 0 Å². The topological polar surface area (TPSA) is 39.1 Å². The highest BCUT2D eigenvalue weighted by Gasteiger charge is 2.06. The van der Waals surface area contributed by atoms with Gasteiger partial charge in [-0.15, -0.1) is 0 Å². The predicted octanol–water partition coefficient (Wildman–Crippen LogP) is 4.06. The molecule has 0 bridgehead atoms. The molecule has 4 heteroatoms. The predicted molar refractivity (Wildman–Crippen MR) is 85.9 cm³/mol. The van der Waals surface area contributed by atoms with Crippen LogP contribution < -0.4 is 10.1 Å². The Morgan fingerprint density at radius 2 is 2.14 bits per heavy atom. The minimum absolute atomic E-state index is 0.343. The van der Waals surface area contributed by atoms with E-state index in [-0.39, 0.29) is 0 Å². The van der Waals surface area contributed by atoms with E-state index in [1.165, 1.54) is 5.56 Å². The standard InChI is InChI=1S/C17H25N3O/c1-5-8-18-10-15-6-7-17(14(4)9-15)21-16-11-19-20(12-16)13(2)3/h6-7,9,11-13,18H,5,8,10H2,1-4H3. The fraction of sp³-hybridized carbons (Fsp3) is 0.471. The summed E-state index contributed by atoms with van der Waals surface area (Å²) in [6.07, 6.45) is 4.84. The van der Waals surface area contributed by atoms with Crippen LogP contribution in [0.5, 0.6) is 11.5 Å². The molecular weight excluding hydrogens is 262 g/mol. The summed E-state index contributed by atoms with van der Waals surface area (Å²) < 4.78 is 7.81. The van der Waals surface area contributed by atoms with Gasteiger partial charge in [0, 0.05) is 12.6 Å². The summed E-state index contributed by atoms with van der Waals surface area (Å²) in [6.45, 7) is 10.4. The van der Waals surface area contributed by atoms with Crippen LogP contribution in [0.15, 0.2) is 30.6 Å². The molecule has 114 valence electrons. The van der Waals surface area contributed by atoms with Crippen LogP contribution in [0.25, 0.3) is 0 Å². The van der Waals surface area contributed by atoms with Gasteiger partial charge >= 0.3 is 0 Å². The molecule has 0 aliphatic rings. The van der Waals surface area contributed by atoms with E-state index < -0.39 is 0 Å². The summed E-state index contributed by atoms with van der Waals surface area (Å²) in [5, 5.41) is 7.70. The molecule has 0 radical (unpaired) electrons. The second-order valence-electron chi connectivity index (χ2n) is 5.63. The van der Waals surface area contributed by atoms with Crippen LogP contribution in [-0.2, 0) is 6.54 Å². The van der Waals surface area contributed by atoms with Crippen molar-refractivity contribution in [1.29, 1.82) is 0 Å². The largest absolute Gasteiger partial charge is 0.454 e. The van der Waals surface area contributed by atoms with Crippen molar-refractivity contribution < 1.29 is 4.74 Å². The van der Waals surface area contributed by atoms with Crippen LogP contribution in [0.2, 0.25) is 0 Å². The Bertz CT molecular complexity index is 575. The van der Waals surface area contributed by atoms with Crippen molar-refractivity contribution in [2.24, 2.45) is 0 Å². The molecule has 1 aromatic heterocycles. The third-order valence-electron chi connectivity index (χ3n) is 3.33. The van der Waals surface area contributed by atoms with E-state index in [2.05, 4.69) is 50.2 Å². The van der Waals surface area contributed by atoms with E-state index in [9.17, 15) is 0 Å². The van der Waals surface area contributed by atoms with Gasteiger partial charge in [-0.05, 0) is 50.9 Å². The molecule has 1 heterocycles. The number of rotatable bonds is 7. The molecule has 1 N–H and O–H groups in total. The number of hydrogen-bond acceptors (Lipinski definition) is 3. The van der Waals surface area contributed by atoms with Crippen molar-refractivity contribution in [3.8, 4) is 11.5 Å². The lowest BCUT2D eigenvalue weighted by Gasteiger charge is -2.10. The summed E-state index contributed by atoms with van der Waals surface area (Å²) in [4.78, 5) is 0. The quantitative estimate of drug-likeness (QED) is 0.780. The van der Waals surface area contributed by atoms with Gasteiger partial charge in [0.05, 0.1) is 12.4 Å². The van der Waals surface area contributed by atoms with E-state index in [1.807, 2.05) is 16.9 Å². The molecule has 0 spiro atoms. The Hall–Kier alpha value is -1.81. The number of benzene rings is 1. The van der Waals surface area contributed by atoms with Gasteiger partial charge in [0.1, 0.15) is 5.75 Å². The lowest BCUT2D eigenvalue weighted by atomic mass is 10.1. The lowest BCUT2D eigenvalue weighted by molar-refractivity contribution is 0.473. The van der Waals surface area contributed by atoms with Gasteiger partial charge in [0.2, 0.25) is 0 Å². The minimum Gasteiger partial charge on any atom is -0.454 e. The third kappa shape index (κ3) is 4.33. The van der Waals surface area contributed by atoms with Crippen LogP contribution >= 0.6 is 0 Å². The Labute approximate surface area is 127 Å². The molecule has 21 heavy (non-hydrogen) atoms. The first-order valence-electron chi connectivity index (χ1n) is 7.62. The Kier molecular flexibility index (Phi) is 5.39. The van der Waals surface area contributed by atoms with Crippen LogP contribution in [0.3, 0.4) is 0 Å². The van der Waals surface area contributed by atoms with Crippen molar-refractivity contribution in [2.75, 3.05) is 6.54 Å². The Balaban J connectivity index is 2.02. The molecular formula is C17H25N3O. The fourth-order valence-electron chi connectivity index (χ4n) is 2.13. The first-order chi connectivity index (χ1) is 10.1. The maximum absolute atomic E-state index is 5.92. The van der Waals surface area contributed by atoms with Crippen LogP contribution in [0, 0.1) is 6.92 Å². The third-order valence-corrected chi connectivity index (χ3v) is 3.33. The zero-order valence-electron chi connectivity index (χ0n) is 13.4. The smallest absolute Gasteiger partial charge is 0.165 e. The number of nitrogens with zero attached hydrogens (tertiary/aromatic N) is 2. The van der Waals surface area contributed by atoms with Crippen molar-refractivity contribution in [3.63, 3.8) is 0 Å². The van der Waals surface area contributed by atoms with E-state index in [0.29, 0.717) is 6.04 Å². The average Bonchev–Trinajstić information content (AvgIpc) is 2.91. The van der Waals surface area contributed by atoms with Crippen LogP contribution in [0.1, 0.15) is 44.4 Å². The molecule has 1 aromatic carbocycles. The number of aromatic nitrogens is 2. The highest BCUT2D eigenvalue weighted by molar-refractivity contribution is 5.38. The zero-order valence-corrected chi connectivity index (χ0v) is 13.4. The normalized spacial score (nSPS) is 11.1. The van der Waals surface area contributed by atoms with E-state index in [0.717, 1.165) is 36.6 Å². The molecule has 0 atom stereocenters. The second kappa shape index (κ2) is 7.27. The summed E-state index contributed by atoms with van der Waals surface area (Å²) >= 11 is 0. The molecule has 2 rings (SSSR count). The number of ether oxygens (including phenoxy) is 1. The van der Waals surface area contributed by atoms with Crippen molar-refractivity contribution in [3.05, 3.63) is 41.7 Å². The first-order valence-corrected chi connectivity index (χ1v) is 7.62. The lowest BCUT2D eigenvalue weighted by Crippen LogP contribution is -2.13. The van der Waals surface area contributed by atoms with Crippen LogP contribution in [-0.4, -0.2) is 16.3 Å². The summed E-state index contributed by atoms with van der Waals surface area (Å²) in [6, 6.07) is 6.66. The van der Waals surface area contributed by atoms with E-state index in [4.69, 9.17) is 4.74 Å². The number of nitrogens with one attached hydrogen (secondary N) is 1. The van der Waals surface area contributed by atoms with Crippen molar-refractivity contribution in [1.82, 2.24) is 15.1 Å². The summed E-state index contributed by atoms with van der Waals surface area (Å²) in [5.41, 5.74) is 2.43. The zero-order chi connectivity index (χ0) is 15.2. The van der Waals surface area contributed by atoms with E-state index in [1.54, 1.807) is 6.20 Å². The molecule has 0 aliphatic carbocycles. The fourth-order valence-corrected chi connectivity index (χ4v) is 2.13. The van der Waals surface area contributed by atoms with Gasteiger partial charge in [-0.1, -0.05) is 19.1 Å².